The zero-order valence-corrected chi connectivity index (χ0v) is 16.1. The molecule has 0 unspecified atom stereocenters. The van der Waals surface area contributed by atoms with Crippen molar-refractivity contribution in [3.05, 3.63) is 70.8 Å². The Morgan fingerprint density at radius 1 is 1.04 bits per heavy atom. The van der Waals surface area contributed by atoms with Gasteiger partial charge < -0.3 is 4.74 Å². The summed E-state index contributed by atoms with van der Waals surface area (Å²) in [5, 5.41) is 0. The summed E-state index contributed by atoms with van der Waals surface area (Å²) in [4.78, 5) is 24.1. The van der Waals surface area contributed by atoms with Crippen LogP contribution < -0.4 is 4.74 Å². The lowest BCUT2D eigenvalue weighted by Gasteiger charge is -2.21. The van der Waals surface area contributed by atoms with Crippen LogP contribution in [0.25, 0.3) is 6.08 Å². The predicted molar refractivity (Wildman–Crippen MR) is 106 cm³/mol. The average Bonchev–Trinajstić information content (AvgIpc) is 2.59. The lowest BCUT2D eigenvalue weighted by atomic mass is 9.85. The molecule has 0 aliphatic heterocycles. The molecule has 3 heteroatoms. The van der Waals surface area contributed by atoms with Crippen molar-refractivity contribution in [2.45, 2.75) is 40.0 Å². The van der Waals surface area contributed by atoms with Crippen LogP contribution in [0.15, 0.2) is 48.5 Å². The van der Waals surface area contributed by atoms with E-state index in [2.05, 4.69) is 20.8 Å². The van der Waals surface area contributed by atoms with Crippen LogP contribution in [0.5, 0.6) is 5.75 Å². The molecule has 2 aromatic carbocycles. The van der Waals surface area contributed by atoms with Crippen molar-refractivity contribution in [2.75, 3.05) is 6.61 Å². The van der Waals surface area contributed by atoms with Gasteiger partial charge in [0.25, 0.3) is 0 Å². The van der Waals surface area contributed by atoms with Gasteiger partial charge in [-0.1, -0.05) is 57.2 Å². The number of hydrogen-bond donors (Lipinski definition) is 0. The van der Waals surface area contributed by atoms with Gasteiger partial charge in [-0.15, -0.1) is 0 Å². The maximum atomic E-state index is 13.0. The Labute approximate surface area is 155 Å². The molecule has 3 nitrogen and oxygen atoms in total. The molecular formula is C23H26O3. The van der Waals surface area contributed by atoms with Crippen LogP contribution >= 0.6 is 0 Å². The largest absolute Gasteiger partial charge is 0.493 e. The van der Waals surface area contributed by atoms with Crippen molar-refractivity contribution in [3.63, 3.8) is 0 Å². The smallest absolute Gasteiger partial charge is 0.196 e. The number of carbonyl (C=O) groups excluding carboxylic acids is 2. The molecule has 0 saturated heterocycles. The second kappa shape index (κ2) is 8.13. The monoisotopic (exact) mass is 350 g/mol. The highest BCUT2D eigenvalue weighted by molar-refractivity contribution is 6.11. The van der Waals surface area contributed by atoms with Crippen molar-refractivity contribution < 1.29 is 14.3 Å². The van der Waals surface area contributed by atoms with Crippen LogP contribution in [0, 0.1) is 0 Å². The number of rotatable bonds is 6. The molecule has 0 aromatic heterocycles. The molecule has 0 amide bonds. The molecule has 0 fully saturated rings. The zero-order chi connectivity index (χ0) is 19.3. The average molecular weight is 350 g/mol. The first-order valence-corrected chi connectivity index (χ1v) is 8.83. The van der Waals surface area contributed by atoms with Crippen molar-refractivity contribution in [1.82, 2.24) is 0 Å². The predicted octanol–water partition coefficient (Wildman–Crippen LogP) is 5.22. The van der Waals surface area contributed by atoms with Gasteiger partial charge in [0.05, 0.1) is 12.2 Å². The van der Waals surface area contributed by atoms with Crippen LogP contribution in [0.1, 0.15) is 61.7 Å². The third-order valence-corrected chi connectivity index (χ3v) is 4.07. The van der Waals surface area contributed by atoms with Crippen molar-refractivity contribution in [1.29, 1.82) is 0 Å². The maximum absolute atomic E-state index is 13.0. The summed E-state index contributed by atoms with van der Waals surface area (Å²) in [6, 6.07) is 13.0. The molecular weight excluding hydrogens is 324 g/mol. The van der Waals surface area contributed by atoms with Crippen LogP contribution in [0.4, 0.5) is 0 Å². The van der Waals surface area contributed by atoms with E-state index in [1.807, 2.05) is 37.3 Å². The van der Waals surface area contributed by atoms with E-state index in [1.165, 1.54) is 13.0 Å². The third kappa shape index (κ3) is 4.92. The Balaban J connectivity index is 2.39. The van der Waals surface area contributed by atoms with Crippen LogP contribution in [-0.2, 0) is 10.2 Å². The van der Waals surface area contributed by atoms with Gasteiger partial charge >= 0.3 is 0 Å². The van der Waals surface area contributed by atoms with E-state index in [1.54, 1.807) is 18.2 Å². The molecule has 0 atom stereocenters. The van der Waals surface area contributed by atoms with Gasteiger partial charge in [-0.25, -0.2) is 0 Å². The van der Waals surface area contributed by atoms with Crippen LogP contribution in [0.2, 0.25) is 0 Å². The van der Waals surface area contributed by atoms with Gasteiger partial charge in [-0.2, -0.15) is 0 Å². The van der Waals surface area contributed by atoms with Gasteiger partial charge in [0.15, 0.2) is 11.6 Å². The summed E-state index contributed by atoms with van der Waals surface area (Å²) in [7, 11) is 0. The molecule has 2 rings (SSSR count). The lowest BCUT2D eigenvalue weighted by Crippen LogP contribution is -2.14. The van der Waals surface area contributed by atoms with E-state index in [0.717, 1.165) is 11.1 Å². The minimum Gasteiger partial charge on any atom is -0.493 e. The normalized spacial score (nSPS) is 11.6. The number of allylic oxidation sites excluding steroid dienone is 1. The summed E-state index contributed by atoms with van der Waals surface area (Å²) >= 11 is 0. The van der Waals surface area contributed by atoms with Gasteiger partial charge in [0, 0.05) is 5.56 Å². The van der Waals surface area contributed by atoms with Gasteiger partial charge in [0.1, 0.15) is 5.75 Å². The highest BCUT2D eigenvalue weighted by Crippen LogP contribution is 2.29. The van der Waals surface area contributed by atoms with Gasteiger partial charge in [0.2, 0.25) is 0 Å². The standard InChI is InChI=1S/C23H26O3/c1-6-26-21-14-13-19(23(3,4)5)15-20(21)22(25)18-11-9-17(10-12-18)8-7-16(2)24/h7-15H,6H2,1-5H3. The maximum Gasteiger partial charge on any atom is 0.196 e. The summed E-state index contributed by atoms with van der Waals surface area (Å²) in [5.74, 6) is 0.526. The lowest BCUT2D eigenvalue weighted by molar-refractivity contribution is -0.112. The number of ether oxygens (including phenoxy) is 1. The van der Waals surface area contributed by atoms with E-state index in [0.29, 0.717) is 23.5 Å². The topological polar surface area (TPSA) is 43.4 Å². The molecule has 0 bridgehead atoms. The molecule has 2 aromatic rings. The Kier molecular flexibility index (Phi) is 6.14. The summed E-state index contributed by atoms with van der Waals surface area (Å²) < 4.78 is 5.67. The fourth-order valence-corrected chi connectivity index (χ4v) is 2.57. The summed E-state index contributed by atoms with van der Waals surface area (Å²) in [6.45, 7) is 10.3. The van der Waals surface area contributed by atoms with E-state index in [4.69, 9.17) is 4.74 Å². The molecule has 0 N–H and O–H groups in total. The minimum atomic E-state index is -0.0679. The van der Waals surface area contributed by atoms with Crippen molar-refractivity contribution in [3.8, 4) is 5.75 Å². The van der Waals surface area contributed by atoms with Crippen molar-refractivity contribution >= 4 is 17.6 Å². The highest BCUT2D eigenvalue weighted by atomic mass is 16.5. The fraction of sp³-hybridized carbons (Fsp3) is 0.304. The Morgan fingerprint density at radius 2 is 1.69 bits per heavy atom. The quantitative estimate of drug-likeness (QED) is 0.530. The first-order chi connectivity index (χ1) is 12.2. The van der Waals surface area contributed by atoms with E-state index >= 15 is 0 Å². The Bertz CT molecular complexity index is 822. The number of ketones is 2. The first-order valence-electron chi connectivity index (χ1n) is 8.83. The summed E-state index contributed by atoms with van der Waals surface area (Å²) in [6.07, 6.45) is 3.25. The molecule has 0 aliphatic rings. The van der Waals surface area contributed by atoms with Crippen molar-refractivity contribution in [2.24, 2.45) is 0 Å². The zero-order valence-electron chi connectivity index (χ0n) is 16.1. The van der Waals surface area contributed by atoms with Crippen LogP contribution in [-0.4, -0.2) is 18.2 Å². The second-order valence-corrected chi connectivity index (χ2v) is 7.29. The molecule has 0 saturated carbocycles. The Hall–Kier alpha value is -2.68. The first kappa shape index (κ1) is 19.6. The molecule has 136 valence electrons. The van der Waals surface area contributed by atoms with Gasteiger partial charge in [-0.3, -0.25) is 9.59 Å². The fourth-order valence-electron chi connectivity index (χ4n) is 2.57. The molecule has 0 heterocycles. The number of carbonyl (C=O) groups is 2. The molecule has 26 heavy (non-hydrogen) atoms. The molecule has 0 spiro atoms. The molecule has 0 aliphatic carbocycles. The highest BCUT2D eigenvalue weighted by Gasteiger charge is 2.20. The van der Waals surface area contributed by atoms with E-state index < -0.39 is 0 Å². The molecule has 0 radical (unpaired) electrons. The second-order valence-electron chi connectivity index (χ2n) is 7.29. The Morgan fingerprint density at radius 3 is 2.23 bits per heavy atom. The van der Waals surface area contributed by atoms with E-state index in [9.17, 15) is 9.59 Å². The van der Waals surface area contributed by atoms with E-state index in [-0.39, 0.29) is 17.0 Å². The summed E-state index contributed by atoms with van der Waals surface area (Å²) in [5.41, 5.74) is 3.08. The van der Waals surface area contributed by atoms with Crippen LogP contribution in [0.3, 0.4) is 0 Å². The number of hydrogen-bond acceptors (Lipinski definition) is 3. The number of benzene rings is 2. The van der Waals surface area contributed by atoms with Gasteiger partial charge in [-0.05, 0) is 48.6 Å². The third-order valence-electron chi connectivity index (χ3n) is 4.07. The SMILES string of the molecule is CCOc1ccc(C(C)(C)C)cc1C(=O)c1ccc(C=CC(C)=O)cc1. The minimum absolute atomic E-state index is 0.00879.